The third-order valence-electron chi connectivity index (χ3n) is 2.94. The lowest BCUT2D eigenvalue weighted by atomic mass is 9.96. The monoisotopic (exact) mass is 281 g/mol. The number of carboxylic acid groups (broad SMARTS) is 1. The Bertz CT molecular complexity index is 599. The molecule has 0 aliphatic heterocycles. The molecule has 6 nitrogen and oxygen atoms in total. The van der Waals surface area contributed by atoms with Gasteiger partial charge in [-0.1, -0.05) is 30.6 Å². The highest BCUT2D eigenvalue weighted by Gasteiger charge is 2.26. The first-order chi connectivity index (χ1) is 9.00. The average Bonchev–Trinajstić information content (AvgIpc) is 2.86. The zero-order valence-corrected chi connectivity index (χ0v) is 11.1. The summed E-state index contributed by atoms with van der Waals surface area (Å²) in [7, 11) is 0. The Labute approximate surface area is 114 Å². The van der Waals surface area contributed by atoms with Crippen molar-refractivity contribution in [2.45, 2.75) is 19.8 Å². The van der Waals surface area contributed by atoms with Crippen LogP contribution in [-0.2, 0) is 4.79 Å². The normalized spacial score (nSPS) is 14.1. The van der Waals surface area contributed by atoms with Crippen molar-refractivity contribution in [3.8, 4) is 11.5 Å². The summed E-state index contributed by atoms with van der Waals surface area (Å²) in [6.07, 6.45) is 1.57. The maximum atomic E-state index is 10.9. The molecule has 2 heterocycles. The van der Waals surface area contributed by atoms with Crippen LogP contribution < -0.4 is 0 Å². The van der Waals surface area contributed by atoms with Gasteiger partial charge in [-0.25, -0.2) is 0 Å². The number of aromatic nitrogens is 3. The van der Waals surface area contributed by atoms with E-state index in [0.29, 0.717) is 10.7 Å². The Hall–Kier alpha value is -1.95. The smallest absolute Gasteiger partial charge is 0.307 e. The molecule has 100 valence electrons. The van der Waals surface area contributed by atoms with Gasteiger partial charge in [0.15, 0.2) is 0 Å². The Balaban J connectivity index is 2.29. The number of halogens is 1. The van der Waals surface area contributed by atoms with Crippen LogP contribution >= 0.6 is 11.6 Å². The summed E-state index contributed by atoms with van der Waals surface area (Å²) >= 11 is 5.98. The van der Waals surface area contributed by atoms with Crippen LogP contribution in [0.15, 0.2) is 22.9 Å². The second-order valence-corrected chi connectivity index (χ2v) is 4.61. The Kier molecular flexibility index (Phi) is 3.80. The highest BCUT2D eigenvalue weighted by molar-refractivity contribution is 6.32. The second-order valence-electron chi connectivity index (χ2n) is 4.21. The average molecular weight is 282 g/mol. The second kappa shape index (κ2) is 5.36. The van der Waals surface area contributed by atoms with Gasteiger partial charge in [0.1, 0.15) is 5.69 Å². The van der Waals surface area contributed by atoms with E-state index in [2.05, 4.69) is 15.1 Å². The molecular weight excluding hydrogens is 270 g/mol. The summed E-state index contributed by atoms with van der Waals surface area (Å²) in [4.78, 5) is 19.1. The van der Waals surface area contributed by atoms with E-state index in [1.165, 1.54) is 0 Å². The first-order valence-electron chi connectivity index (χ1n) is 5.68. The largest absolute Gasteiger partial charge is 0.481 e. The molecule has 0 aliphatic rings. The molecule has 0 radical (unpaired) electrons. The molecule has 0 bridgehead atoms. The fourth-order valence-corrected chi connectivity index (χ4v) is 1.70. The maximum Gasteiger partial charge on any atom is 0.307 e. The van der Waals surface area contributed by atoms with Gasteiger partial charge < -0.3 is 9.63 Å². The lowest BCUT2D eigenvalue weighted by molar-refractivity contribution is -0.141. The molecular formula is C12H12ClN3O3. The molecule has 2 atom stereocenters. The predicted molar refractivity (Wildman–Crippen MR) is 67.8 cm³/mol. The van der Waals surface area contributed by atoms with Gasteiger partial charge in [-0.2, -0.15) is 4.98 Å². The molecule has 0 aliphatic carbocycles. The van der Waals surface area contributed by atoms with E-state index in [9.17, 15) is 4.79 Å². The Morgan fingerprint density at radius 2 is 2.21 bits per heavy atom. The lowest BCUT2D eigenvalue weighted by Gasteiger charge is -2.10. The van der Waals surface area contributed by atoms with Gasteiger partial charge in [-0.15, -0.1) is 0 Å². The van der Waals surface area contributed by atoms with Crippen LogP contribution in [0.2, 0.25) is 5.02 Å². The van der Waals surface area contributed by atoms with E-state index in [-0.39, 0.29) is 17.6 Å². The van der Waals surface area contributed by atoms with Crippen molar-refractivity contribution in [1.29, 1.82) is 0 Å². The topological polar surface area (TPSA) is 89.1 Å². The number of hydrogen-bond acceptors (Lipinski definition) is 5. The van der Waals surface area contributed by atoms with Crippen molar-refractivity contribution in [3.63, 3.8) is 0 Å². The summed E-state index contributed by atoms with van der Waals surface area (Å²) in [6, 6.07) is 3.37. The molecule has 2 unspecified atom stereocenters. The van der Waals surface area contributed by atoms with Crippen molar-refractivity contribution in [2.24, 2.45) is 5.92 Å². The van der Waals surface area contributed by atoms with Crippen LogP contribution in [0.1, 0.15) is 25.7 Å². The number of hydrogen-bond donors (Lipinski definition) is 1. The molecule has 0 amide bonds. The fraction of sp³-hybridized carbons (Fsp3) is 0.333. The molecule has 2 aromatic rings. The van der Waals surface area contributed by atoms with Crippen molar-refractivity contribution in [1.82, 2.24) is 15.1 Å². The van der Waals surface area contributed by atoms with Crippen LogP contribution in [0, 0.1) is 5.92 Å². The zero-order chi connectivity index (χ0) is 14.0. The van der Waals surface area contributed by atoms with Crippen LogP contribution in [0.4, 0.5) is 0 Å². The number of rotatable bonds is 4. The summed E-state index contributed by atoms with van der Waals surface area (Å²) in [6.45, 7) is 3.31. The van der Waals surface area contributed by atoms with Crippen molar-refractivity contribution < 1.29 is 14.4 Å². The van der Waals surface area contributed by atoms with Gasteiger partial charge in [-0.3, -0.25) is 9.78 Å². The molecule has 0 spiro atoms. The summed E-state index contributed by atoms with van der Waals surface area (Å²) < 4.78 is 5.08. The Morgan fingerprint density at radius 3 is 2.84 bits per heavy atom. The number of aliphatic carboxylic acids is 1. The molecule has 0 fully saturated rings. The minimum absolute atomic E-state index is 0.255. The van der Waals surface area contributed by atoms with Gasteiger partial charge in [-0.05, 0) is 12.1 Å². The molecule has 0 saturated heterocycles. The fourth-order valence-electron chi connectivity index (χ4n) is 1.49. The maximum absolute atomic E-state index is 10.9. The number of nitrogens with zero attached hydrogens (tertiary/aromatic N) is 3. The number of carboxylic acids is 1. The molecule has 0 saturated carbocycles. The summed E-state index contributed by atoms with van der Waals surface area (Å²) in [5, 5.41) is 13.2. The zero-order valence-electron chi connectivity index (χ0n) is 10.4. The van der Waals surface area contributed by atoms with E-state index in [0.717, 1.165) is 0 Å². The van der Waals surface area contributed by atoms with E-state index in [1.807, 2.05) is 0 Å². The first-order valence-corrected chi connectivity index (χ1v) is 6.05. The van der Waals surface area contributed by atoms with Crippen LogP contribution in [-0.4, -0.2) is 26.2 Å². The molecule has 2 aromatic heterocycles. The number of pyridine rings is 1. The van der Waals surface area contributed by atoms with E-state index in [4.69, 9.17) is 21.2 Å². The standard InChI is InChI=1S/C12H12ClN3O3/c1-6(7(2)12(17)18)11-15-10(16-19-11)9-8(13)4-3-5-14-9/h3-7H,1-2H3,(H,17,18). The van der Waals surface area contributed by atoms with Crippen LogP contribution in [0.3, 0.4) is 0 Å². The molecule has 19 heavy (non-hydrogen) atoms. The van der Waals surface area contributed by atoms with Crippen molar-refractivity contribution in [3.05, 3.63) is 29.2 Å². The molecule has 0 aromatic carbocycles. The van der Waals surface area contributed by atoms with E-state index >= 15 is 0 Å². The first kappa shape index (κ1) is 13.5. The minimum atomic E-state index is -0.914. The molecule has 7 heteroatoms. The third kappa shape index (κ3) is 2.73. The van der Waals surface area contributed by atoms with Crippen molar-refractivity contribution in [2.75, 3.05) is 0 Å². The minimum Gasteiger partial charge on any atom is -0.481 e. The van der Waals surface area contributed by atoms with Gasteiger partial charge in [0, 0.05) is 12.1 Å². The van der Waals surface area contributed by atoms with Gasteiger partial charge in [0.25, 0.3) is 0 Å². The van der Waals surface area contributed by atoms with Crippen molar-refractivity contribution >= 4 is 17.6 Å². The summed E-state index contributed by atoms with van der Waals surface area (Å²) in [5.41, 5.74) is 0.411. The van der Waals surface area contributed by atoms with Gasteiger partial charge >= 0.3 is 5.97 Å². The quantitative estimate of drug-likeness (QED) is 0.926. The highest BCUT2D eigenvalue weighted by Crippen LogP contribution is 2.27. The van der Waals surface area contributed by atoms with E-state index in [1.54, 1.807) is 32.2 Å². The Morgan fingerprint density at radius 1 is 1.47 bits per heavy atom. The third-order valence-corrected chi connectivity index (χ3v) is 3.25. The lowest BCUT2D eigenvalue weighted by Crippen LogP contribution is -2.16. The van der Waals surface area contributed by atoms with Crippen LogP contribution in [0.25, 0.3) is 11.5 Å². The SMILES string of the molecule is CC(C(=O)O)C(C)c1nc(-c2ncccc2Cl)no1. The van der Waals surface area contributed by atoms with Gasteiger partial charge in [0.05, 0.1) is 10.9 Å². The highest BCUT2D eigenvalue weighted by atomic mass is 35.5. The van der Waals surface area contributed by atoms with Gasteiger partial charge in [0.2, 0.25) is 11.7 Å². The summed E-state index contributed by atoms with van der Waals surface area (Å²) in [5.74, 6) is -1.41. The van der Waals surface area contributed by atoms with Crippen LogP contribution in [0.5, 0.6) is 0 Å². The van der Waals surface area contributed by atoms with E-state index < -0.39 is 11.9 Å². The molecule has 2 rings (SSSR count). The predicted octanol–water partition coefficient (Wildman–Crippen LogP) is 2.61. The number of carbonyl (C=O) groups is 1. The molecule has 1 N–H and O–H groups in total.